The highest BCUT2D eigenvalue weighted by atomic mass is 35.5. The standard InChI is InChI=1S/C16H18ClN3O3/c17-11-3-1-6-13(9-11)19-16(21)14-10-15(20-23-14)22-8-7-18-12-4-2-5-12/h1,3,6,9-10,12,18H,2,4-5,7-8H2,(H,19,21). The molecule has 0 saturated heterocycles. The molecule has 23 heavy (non-hydrogen) atoms. The molecule has 0 radical (unpaired) electrons. The number of amides is 1. The molecule has 1 heterocycles. The van der Waals surface area contributed by atoms with E-state index in [1.165, 1.54) is 25.3 Å². The van der Waals surface area contributed by atoms with Gasteiger partial charge in [-0.25, -0.2) is 0 Å². The number of ether oxygens (including phenoxy) is 1. The minimum absolute atomic E-state index is 0.0897. The van der Waals surface area contributed by atoms with Crippen LogP contribution in [0.2, 0.25) is 5.02 Å². The number of anilines is 1. The number of nitrogens with zero attached hydrogens (tertiary/aromatic N) is 1. The van der Waals surface area contributed by atoms with Crippen LogP contribution in [0.25, 0.3) is 0 Å². The van der Waals surface area contributed by atoms with Crippen LogP contribution < -0.4 is 15.4 Å². The first kappa shape index (κ1) is 15.8. The lowest BCUT2D eigenvalue weighted by Crippen LogP contribution is -2.37. The fraction of sp³-hybridized carbons (Fsp3) is 0.375. The van der Waals surface area contributed by atoms with Crippen molar-refractivity contribution in [2.45, 2.75) is 25.3 Å². The van der Waals surface area contributed by atoms with Crippen LogP contribution in [0.1, 0.15) is 29.8 Å². The molecule has 0 bridgehead atoms. The van der Waals surface area contributed by atoms with Crippen molar-refractivity contribution in [1.82, 2.24) is 10.5 Å². The first-order chi connectivity index (χ1) is 11.2. The van der Waals surface area contributed by atoms with Crippen LogP contribution in [0.15, 0.2) is 34.9 Å². The Hall–Kier alpha value is -2.05. The lowest BCUT2D eigenvalue weighted by atomic mass is 9.93. The number of halogens is 1. The van der Waals surface area contributed by atoms with Gasteiger partial charge in [0.1, 0.15) is 6.61 Å². The molecule has 1 aliphatic carbocycles. The van der Waals surface area contributed by atoms with Crippen molar-refractivity contribution < 1.29 is 14.1 Å². The number of hydrogen-bond acceptors (Lipinski definition) is 5. The van der Waals surface area contributed by atoms with E-state index in [1.807, 2.05) is 0 Å². The summed E-state index contributed by atoms with van der Waals surface area (Å²) in [6, 6.07) is 8.97. The molecule has 1 amide bonds. The summed E-state index contributed by atoms with van der Waals surface area (Å²) in [4.78, 5) is 12.0. The van der Waals surface area contributed by atoms with E-state index in [0.717, 1.165) is 6.54 Å². The molecule has 6 nitrogen and oxygen atoms in total. The molecular formula is C16H18ClN3O3. The molecule has 122 valence electrons. The SMILES string of the molecule is O=C(Nc1cccc(Cl)c1)c1cc(OCCNC2CCC2)no1. The van der Waals surface area contributed by atoms with Gasteiger partial charge in [0.25, 0.3) is 11.8 Å². The van der Waals surface area contributed by atoms with Gasteiger partial charge in [-0.3, -0.25) is 4.79 Å². The Labute approximate surface area is 139 Å². The van der Waals surface area contributed by atoms with Crippen molar-refractivity contribution in [3.8, 4) is 5.88 Å². The molecular weight excluding hydrogens is 318 g/mol. The van der Waals surface area contributed by atoms with Crippen LogP contribution in [-0.2, 0) is 0 Å². The second-order valence-electron chi connectivity index (χ2n) is 5.42. The number of hydrogen-bond donors (Lipinski definition) is 2. The summed E-state index contributed by atoms with van der Waals surface area (Å²) in [5.41, 5.74) is 0.589. The highest BCUT2D eigenvalue weighted by Crippen LogP contribution is 2.18. The van der Waals surface area contributed by atoms with Crippen LogP contribution in [0, 0.1) is 0 Å². The Morgan fingerprint density at radius 1 is 1.39 bits per heavy atom. The van der Waals surface area contributed by atoms with Gasteiger partial charge in [0.15, 0.2) is 0 Å². The molecule has 1 aromatic carbocycles. The minimum Gasteiger partial charge on any atom is -0.474 e. The Kier molecular flexibility index (Phi) is 5.15. The van der Waals surface area contributed by atoms with Crippen molar-refractivity contribution in [2.24, 2.45) is 0 Å². The molecule has 2 aromatic rings. The fourth-order valence-electron chi connectivity index (χ4n) is 2.22. The first-order valence-corrected chi connectivity index (χ1v) is 7.98. The van der Waals surface area contributed by atoms with Gasteiger partial charge in [-0.1, -0.05) is 24.1 Å². The summed E-state index contributed by atoms with van der Waals surface area (Å²) >= 11 is 5.87. The first-order valence-electron chi connectivity index (χ1n) is 7.60. The van der Waals surface area contributed by atoms with Gasteiger partial charge < -0.3 is 19.9 Å². The molecule has 1 saturated carbocycles. The summed E-state index contributed by atoms with van der Waals surface area (Å²) in [6.45, 7) is 1.24. The van der Waals surface area contributed by atoms with E-state index in [1.54, 1.807) is 24.3 Å². The highest BCUT2D eigenvalue weighted by Gasteiger charge is 2.16. The zero-order valence-electron chi connectivity index (χ0n) is 12.5. The lowest BCUT2D eigenvalue weighted by Gasteiger charge is -2.26. The number of rotatable bonds is 7. The number of benzene rings is 1. The number of aromatic nitrogens is 1. The smallest absolute Gasteiger partial charge is 0.294 e. The maximum Gasteiger partial charge on any atom is 0.294 e. The monoisotopic (exact) mass is 335 g/mol. The summed E-state index contributed by atoms with van der Waals surface area (Å²) < 4.78 is 10.5. The lowest BCUT2D eigenvalue weighted by molar-refractivity contribution is 0.0987. The second kappa shape index (κ2) is 7.48. The van der Waals surface area contributed by atoms with Gasteiger partial charge in [-0.2, -0.15) is 0 Å². The third-order valence-electron chi connectivity index (χ3n) is 3.69. The van der Waals surface area contributed by atoms with E-state index in [9.17, 15) is 4.79 Å². The predicted octanol–water partition coefficient (Wildman–Crippen LogP) is 3.10. The van der Waals surface area contributed by atoms with E-state index >= 15 is 0 Å². The molecule has 0 unspecified atom stereocenters. The van der Waals surface area contributed by atoms with Crippen LogP contribution in [0.5, 0.6) is 5.88 Å². The molecule has 7 heteroatoms. The maximum atomic E-state index is 12.0. The topological polar surface area (TPSA) is 76.4 Å². The van der Waals surface area contributed by atoms with E-state index in [0.29, 0.717) is 29.2 Å². The number of carbonyl (C=O) groups excluding carboxylic acids is 1. The van der Waals surface area contributed by atoms with Crippen LogP contribution >= 0.6 is 11.6 Å². The molecule has 2 N–H and O–H groups in total. The Morgan fingerprint density at radius 2 is 2.26 bits per heavy atom. The molecule has 1 fully saturated rings. The number of nitrogens with one attached hydrogen (secondary N) is 2. The van der Waals surface area contributed by atoms with Gasteiger partial charge in [-0.05, 0) is 36.2 Å². The van der Waals surface area contributed by atoms with Crippen LogP contribution in [0.3, 0.4) is 0 Å². The van der Waals surface area contributed by atoms with Crippen molar-refractivity contribution in [2.75, 3.05) is 18.5 Å². The zero-order chi connectivity index (χ0) is 16.1. The van der Waals surface area contributed by atoms with Crippen molar-refractivity contribution in [1.29, 1.82) is 0 Å². The van der Waals surface area contributed by atoms with Crippen molar-refractivity contribution in [3.63, 3.8) is 0 Å². The van der Waals surface area contributed by atoms with Crippen molar-refractivity contribution in [3.05, 3.63) is 41.1 Å². The molecule has 0 atom stereocenters. The normalized spacial score (nSPS) is 14.3. The molecule has 1 aromatic heterocycles. The quantitative estimate of drug-likeness (QED) is 0.760. The highest BCUT2D eigenvalue weighted by molar-refractivity contribution is 6.30. The Balaban J connectivity index is 1.46. The zero-order valence-corrected chi connectivity index (χ0v) is 13.3. The van der Waals surface area contributed by atoms with Gasteiger partial charge in [0.05, 0.1) is 6.07 Å². The van der Waals surface area contributed by atoms with Gasteiger partial charge in [0.2, 0.25) is 5.76 Å². The molecule has 0 spiro atoms. The summed E-state index contributed by atoms with van der Waals surface area (Å²) in [5, 5.41) is 10.3. The van der Waals surface area contributed by atoms with E-state index in [-0.39, 0.29) is 5.76 Å². The van der Waals surface area contributed by atoms with Crippen LogP contribution in [0.4, 0.5) is 5.69 Å². The number of carbonyl (C=O) groups is 1. The van der Waals surface area contributed by atoms with E-state index in [2.05, 4.69) is 15.8 Å². The second-order valence-corrected chi connectivity index (χ2v) is 5.86. The van der Waals surface area contributed by atoms with E-state index < -0.39 is 5.91 Å². The van der Waals surface area contributed by atoms with Gasteiger partial charge >= 0.3 is 0 Å². The average Bonchev–Trinajstić information content (AvgIpc) is 2.94. The average molecular weight is 336 g/mol. The summed E-state index contributed by atoms with van der Waals surface area (Å²) in [6.07, 6.45) is 3.77. The van der Waals surface area contributed by atoms with Crippen molar-refractivity contribution >= 4 is 23.2 Å². The Morgan fingerprint density at radius 3 is 3.00 bits per heavy atom. The van der Waals surface area contributed by atoms with E-state index in [4.69, 9.17) is 20.9 Å². The minimum atomic E-state index is -0.401. The summed E-state index contributed by atoms with van der Waals surface area (Å²) in [7, 11) is 0. The summed E-state index contributed by atoms with van der Waals surface area (Å²) in [5.74, 6) is -0.00853. The van der Waals surface area contributed by atoms with Crippen LogP contribution in [-0.4, -0.2) is 30.3 Å². The van der Waals surface area contributed by atoms with Gasteiger partial charge in [0, 0.05) is 23.3 Å². The maximum absolute atomic E-state index is 12.0. The molecule has 0 aliphatic heterocycles. The third-order valence-corrected chi connectivity index (χ3v) is 3.92. The predicted molar refractivity (Wildman–Crippen MR) is 87.0 cm³/mol. The van der Waals surface area contributed by atoms with Gasteiger partial charge in [-0.15, -0.1) is 0 Å². The fourth-order valence-corrected chi connectivity index (χ4v) is 2.41. The largest absolute Gasteiger partial charge is 0.474 e. The molecule has 1 aliphatic rings. The Bertz CT molecular complexity index is 670. The molecule has 3 rings (SSSR count). The third kappa shape index (κ3) is 4.46.